The SMILES string of the molecule is C=O.NC(=O)NCO.O=C(NCO)NCO. The fourth-order valence-electron chi connectivity index (χ4n) is 0.284. The molecule has 8 N–H and O–H groups in total. The average Bonchev–Trinajstić information content (AvgIpc) is 2.22. The van der Waals surface area contributed by atoms with E-state index in [4.69, 9.17) is 20.1 Å². The van der Waals surface area contributed by atoms with E-state index < -0.39 is 32.3 Å². The third kappa shape index (κ3) is 29.6. The van der Waals surface area contributed by atoms with Crippen molar-refractivity contribution in [2.75, 3.05) is 20.2 Å². The van der Waals surface area contributed by atoms with E-state index in [0.29, 0.717) is 0 Å². The summed E-state index contributed by atoms with van der Waals surface area (Å²) in [6.07, 6.45) is 0. The fourth-order valence-corrected chi connectivity index (χ4v) is 0.284. The Balaban J connectivity index is -0.000000188. The van der Waals surface area contributed by atoms with Gasteiger partial charge in [0.1, 0.15) is 27.0 Å². The Labute approximate surface area is 91.4 Å². The molecule has 0 aliphatic rings. The van der Waals surface area contributed by atoms with Gasteiger partial charge in [-0.3, -0.25) is 0 Å². The number of aliphatic hydroxyl groups excluding tert-OH is 3. The zero-order valence-electron chi connectivity index (χ0n) is 8.47. The lowest BCUT2D eigenvalue weighted by atomic mass is 10.9. The highest BCUT2D eigenvalue weighted by Gasteiger charge is 1.91. The van der Waals surface area contributed by atoms with Crippen LogP contribution in [0.25, 0.3) is 0 Å². The molecule has 0 aromatic rings. The summed E-state index contributed by atoms with van der Waals surface area (Å²) < 4.78 is 0. The molecule has 0 atom stereocenters. The zero-order valence-corrected chi connectivity index (χ0v) is 8.47. The molecule has 0 saturated carbocycles. The number of amides is 4. The molecular weight excluding hydrogens is 224 g/mol. The second-order valence-electron chi connectivity index (χ2n) is 1.70. The second-order valence-corrected chi connectivity index (χ2v) is 1.70. The Morgan fingerprint density at radius 2 is 1.25 bits per heavy atom. The quantitative estimate of drug-likeness (QED) is 0.253. The topological polar surface area (TPSA) is 174 Å². The Morgan fingerprint density at radius 3 is 1.38 bits per heavy atom. The molecule has 0 fully saturated rings. The highest BCUT2D eigenvalue weighted by atomic mass is 16.3. The molecule has 0 radical (unpaired) electrons. The van der Waals surface area contributed by atoms with Gasteiger partial charge >= 0.3 is 12.1 Å². The molecular formula is C6H16N4O6. The fraction of sp³-hybridized carbons (Fsp3) is 0.500. The number of carbonyl (C=O) groups excluding carboxylic acids is 3. The Morgan fingerprint density at radius 1 is 0.938 bits per heavy atom. The van der Waals surface area contributed by atoms with E-state index in [9.17, 15) is 9.59 Å². The maximum absolute atomic E-state index is 10.1. The molecule has 0 unspecified atom stereocenters. The first-order chi connectivity index (χ1) is 7.58. The number of hydrogen-bond donors (Lipinski definition) is 7. The summed E-state index contributed by atoms with van der Waals surface area (Å²) in [4.78, 5) is 27.7. The standard InChI is InChI=1S/C3H8N2O3.C2H6N2O2.CH2O/c6-1-4-3(8)5-2-7;3-2(6)4-1-5;1-2/h6-7H,1-2H2,(H2,4,5,8);5H,1H2,(H3,3,4,6);1H2. The lowest BCUT2D eigenvalue weighted by Crippen LogP contribution is -2.36. The molecule has 10 nitrogen and oxygen atoms in total. The van der Waals surface area contributed by atoms with E-state index >= 15 is 0 Å². The minimum absolute atomic E-state index is 0.394. The van der Waals surface area contributed by atoms with Crippen LogP contribution in [0.4, 0.5) is 9.59 Å². The summed E-state index contributed by atoms with van der Waals surface area (Å²) in [5.41, 5.74) is 4.49. The molecule has 0 spiro atoms. The van der Waals surface area contributed by atoms with Gasteiger partial charge in [0.15, 0.2) is 0 Å². The molecule has 4 amide bonds. The van der Waals surface area contributed by atoms with Gasteiger partial charge in [-0.1, -0.05) is 0 Å². The minimum atomic E-state index is -0.711. The van der Waals surface area contributed by atoms with Gasteiger partial charge < -0.3 is 41.8 Å². The average molecular weight is 240 g/mol. The number of carbonyl (C=O) groups is 3. The van der Waals surface area contributed by atoms with Crippen molar-refractivity contribution < 1.29 is 29.7 Å². The maximum Gasteiger partial charge on any atom is 0.318 e. The molecule has 96 valence electrons. The number of nitrogens with one attached hydrogen (secondary N) is 3. The minimum Gasteiger partial charge on any atom is -0.376 e. The first-order valence-electron chi connectivity index (χ1n) is 3.74. The van der Waals surface area contributed by atoms with Gasteiger partial charge in [0, 0.05) is 0 Å². The van der Waals surface area contributed by atoms with Gasteiger partial charge in [-0.05, 0) is 0 Å². The van der Waals surface area contributed by atoms with Crippen molar-refractivity contribution in [3.8, 4) is 0 Å². The molecule has 0 aromatic carbocycles. The van der Waals surface area contributed by atoms with Crippen LogP contribution in [-0.4, -0.2) is 54.4 Å². The van der Waals surface area contributed by atoms with Gasteiger partial charge in [-0.2, -0.15) is 0 Å². The van der Waals surface area contributed by atoms with Crippen molar-refractivity contribution in [3.05, 3.63) is 0 Å². The smallest absolute Gasteiger partial charge is 0.318 e. The van der Waals surface area contributed by atoms with Crippen molar-refractivity contribution in [1.29, 1.82) is 0 Å². The van der Waals surface area contributed by atoms with Crippen LogP contribution in [-0.2, 0) is 4.79 Å². The predicted octanol–water partition coefficient (Wildman–Crippen LogP) is -3.40. The normalized spacial score (nSPS) is 7.19. The van der Waals surface area contributed by atoms with E-state index in [0.717, 1.165) is 0 Å². The van der Waals surface area contributed by atoms with Crippen molar-refractivity contribution >= 4 is 18.9 Å². The van der Waals surface area contributed by atoms with Crippen molar-refractivity contribution in [1.82, 2.24) is 16.0 Å². The molecule has 16 heavy (non-hydrogen) atoms. The van der Waals surface area contributed by atoms with E-state index in [-0.39, 0.29) is 0 Å². The summed E-state index contributed by atoms with van der Waals surface area (Å²) in [7, 11) is 0. The van der Waals surface area contributed by atoms with Gasteiger partial charge in [0.05, 0.1) is 0 Å². The monoisotopic (exact) mass is 240 g/mol. The predicted molar refractivity (Wildman–Crippen MR) is 52.8 cm³/mol. The summed E-state index contributed by atoms with van der Waals surface area (Å²) in [6, 6.07) is -1.30. The summed E-state index contributed by atoms with van der Waals surface area (Å²) in [5, 5.41) is 29.7. The number of urea groups is 2. The van der Waals surface area contributed by atoms with Crippen molar-refractivity contribution in [2.24, 2.45) is 5.73 Å². The van der Waals surface area contributed by atoms with Crippen LogP contribution in [0.2, 0.25) is 0 Å². The Hall–Kier alpha value is -1.91. The zero-order chi connectivity index (χ0) is 13.4. The highest BCUT2D eigenvalue weighted by Crippen LogP contribution is 1.57. The summed E-state index contributed by atoms with van der Waals surface area (Å²) in [5.74, 6) is 0. The van der Waals surface area contributed by atoms with Gasteiger partial charge in [-0.15, -0.1) is 0 Å². The lowest BCUT2D eigenvalue weighted by molar-refractivity contribution is -0.0980. The summed E-state index contributed by atoms with van der Waals surface area (Å²) >= 11 is 0. The molecule has 0 rings (SSSR count). The van der Waals surface area contributed by atoms with Crippen molar-refractivity contribution in [3.63, 3.8) is 0 Å². The van der Waals surface area contributed by atoms with Gasteiger partial charge in [0.2, 0.25) is 0 Å². The third-order valence-electron chi connectivity index (χ3n) is 0.733. The number of hydrogen-bond acceptors (Lipinski definition) is 6. The number of rotatable bonds is 3. The largest absolute Gasteiger partial charge is 0.376 e. The van der Waals surface area contributed by atoms with Crippen LogP contribution in [0.15, 0.2) is 0 Å². The molecule has 0 aliphatic carbocycles. The van der Waals surface area contributed by atoms with Crippen LogP contribution < -0.4 is 21.7 Å². The van der Waals surface area contributed by atoms with E-state index in [1.54, 1.807) is 0 Å². The highest BCUT2D eigenvalue weighted by molar-refractivity contribution is 5.73. The Bertz CT molecular complexity index is 170. The molecule has 10 heteroatoms. The van der Waals surface area contributed by atoms with Crippen LogP contribution in [0.5, 0.6) is 0 Å². The van der Waals surface area contributed by atoms with E-state index in [2.05, 4.69) is 5.73 Å². The molecule has 0 saturated heterocycles. The second kappa shape index (κ2) is 18.8. The summed E-state index contributed by atoms with van der Waals surface area (Å²) in [6.45, 7) is 0.757. The van der Waals surface area contributed by atoms with Gasteiger partial charge in [-0.25, -0.2) is 9.59 Å². The maximum atomic E-state index is 10.1. The van der Waals surface area contributed by atoms with Crippen molar-refractivity contribution in [2.45, 2.75) is 0 Å². The van der Waals surface area contributed by atoms with Crippen LogP contribution in [0.1, 0.15) is 0 Å². The van der Waals surface area contributed by atoms with E-state index in [1.165, 1.54) is 0 Å². The first kappa shape index (κ1) is 19.6. The molecule has 0 heterocycles. The molecule has 0 aliphatic heterocycles. The van der Waals surface area contributed by atoms with Gasteiger partial charge in [0.25, 0.3) is 0 Å². The third-order valence-corrected chi connectivity index (χ3v) is 0.733. The first-order valence-corrected chi connectivity index (χ1v) is 3.74. The van der Waals surface area contributed by atoms with Crippen LogP contribution in [0, 0.1) is 0 Å². The molecule has 0 aromatic heterocycles. The van der Waals surface area contributed by atoms with Crippen LogP contribution in [0.3, 0.4) is 0 Å². The van der Waals surface area contributed by atoms with Crippen LogP contribution >= 0.6 is 0 Å². The van der Waals surface area contributed by atoms with E-state index in [1.807, 2.05) is 22.7 Å². The Kier molecular flexibility index (Phi) is 23.1. The lowest BCUT2D eigenvalue weighted by Gasteiger charge is -1.98. The number of primary amides is 1. The molecule has 0 bridgehead atoms. The number of aliphatic hydroxyl groups is 3. The number of nitrogens with two attached hydrogens (primary N) is 1.